The molecule has 0 fully saturated rings. The number of nitrogens with two attached hydrogens (primary N) is 1. The van der Waals surface area contributed by atoms with Crippen LogP contribution in [0.3, 0.4) is 0 Å². The van der Waals surface area contributed by atoms with Crippen molar-refractivity contribution < 1.29 is 9.53 Å². The molecule has 6 nitrogen and oxygen atoms in total. The summed E-state index contributed by atoms with van der Waals surface area (Å²) in [5.74, 6) is 0.754. The molecule has 0 saturated carbocycles. The molecule has 0 aromatic heterocycles. The molecule has 1 atom stereocenters. The molecule has 20 heavy (non-hydrogen) atoms. The quantitative estimate of drug-likeness (QED) is 0.607. The number of carbonyl (C=O) groups is 1. The Morgan fingerprint density at radius 3 is 2.75 bits per heavy atom. The fourth-order valence-corrected chi connectivity index (χ4v) is 2.50. The standard InChI is InChI=1S/C14H28N4O2/c1-5-20-9-7-16-6-8-18-12(19)14(4,10-11(2)3)17-13(18)15/h11,16H,5-10H2,1-4H3,(H2,15,17). The van der Waals surface area contributed by atoms with Crippen LogP contribution < -0.4 is 11.1 Å². The third-order valence-electron chi connectivity index (χ3n) is 3.29. The summed E-state index contributed by atoms with van der Waals surface area (Å²) >= 11 is 0. The molecule has 0 bridgehead atoms. The lowest BCUT2D eigenvalue weighted by Crippen LogP contribution is -2.46. The SMILES string of the molecule is CCOCCNCCN1C(=O)C(C)(CC(C)C)N=C1N. The summed E-state index contributed by atoms with van der Waals surface area (Å²) in [6.07, 6.45) is 0.723. The normalized spacial score (nSPS) is 22.8. The zero-order chi connectivity index (χ0) is 15.2. The maximum atomic E-state index is 12.4. The largest absolute Gasteiger partial charge is 0.380 e. The molecule has 0 saturated heterocycles. The zero-order valence-electron chi connectivity index (χ0n) is 13.1. The van der Waals surface area contributed by atoms with Gasteiger partial charge in [-0.3, -0.25) is 9.69 Å². The van der Waals surface area contributed by atoms with E-state index in [2.05, 4.69) is 24.2 Å². The number of amides is 1. The van der Waals surface area contributed by atoms with Crippen LogP contribution in [-0.4, -0.2) is 55.2 Å². The van der Waals surface area contributed by atoms with Crippen molar-refractivity contribution >= 4 is 11.9 Å². The van der Waals surface area contributed by atoms with Gasteiger partial charge in [-0.05, 0) is 26.2 Å². The Hall–Kier alpha value is -1.14. The Morgan fingerprint density at radius 2 is 2.15 bits per heavy atom. The molecule has 0 aliphatic carbocycles. The van der Waals surface area contributed by atoms with Gasteiger partial charge in [-0.1, -0.05) is 13.8 Å². The van der Waals surface area contributed by atoms with Gasteiger partial charge in [-0.15, -0.1) is 0 Å². The third-order valence-corrected chi connectivity index (χ3v) is 3.29. The molecule has 0 aromatic rings. The molecule has 6 heteroatoms. The number of nitrogens with zero attached hydrogens (tertiary/aromatic N) is 2. The highest BCUT2D eigenvalue weighted by molar-refractivity contribution is 6.06. The second kappa shape index (κ2) is 7.59. The first kappa shape index (κ1) is 16.9. The van der Waals surface area contributed by atoms with Crippen LogP contribution in [0.2, 0.25) is 0 Å². The third kappa shape index (κ3) is 4.45. The molecule has 1 aliphatic rings. The van der Waals surface area contributed by atoms with E-state index in [0.717, 1.165) is 19.6 Å². The molecular formula is C14H28N4O2. The molecule has 116 valence electrons. The first-order chi connectivity index (χ1) is 9.40. The molecule has 0 aromatic carbocycles. The van der Waals surface area contributed by atoms with E-state index in [4.69, 9.17) is 10.5 Å². The van der Waals surface area contributed by atoms with Crippen molar-refractivity contribution in [3.8, 4) is 0 Å². The number of aliphatic imine (C=N–C) groups is 1. The zero-order valence-corrected chi connectivity index (χ0v) is 13.1. The smallest absolute Gasteiger partial charge is 0.257 e. The van der Waals surface area contributed by atoms with Crippen LogP contribution in [0, 0.1) is 5.92 Å². The fraction of sp³-hybridized carbons (Fsp3) is 0.857. The van der Waals surface area contributed by atoms with Crippen LogP contribution in [0.5, 0.6) is 0 Å². The monoisotopic (exact) mass is 284 g/mol. The van der Waals surface area contributed by atoms with Gasteiger partial charge in [0, 0.05) is 26.2 Å². The molecule has 0 radical (unpaired) electrons. The Bertz CT molecular complexity index is 357. The molecule has 3 N–H and O–H groups in total. The van der Waals surface area contributed by atoms with E-state index in [-0.39, 0.29) is 5.91 Å². The Morgan fingerprint density at radius 1 is 1.45 bits per heavy atom. The van der Waals surface area contributed by atoms with Gasteiger partial charge in [-0.2, -0.15) is 0 Å². The van der Waals surface area contributed by atoms with Crippen LogP contribution in [0.4, 0.5) is 0 Å². The summed E-state index contributed by atoms with van der Waals surface area (Å²) < 4.78 is 5.23. The van der Waals surface area contributed by atoms with Crippen LogP contribution in [0.15, 0.2) is 4.99 Å². The number of carbonyl (C=O) groups excluding carboxylic acids is 1. The van der Waals surface area contributed by atoms with Crippen molar-refractivity contribution in [2.75, 3.05) is 32.8 Å². The van der Waals surface area contributed by atoms with Crippen molar-refractivity contribution in [1.29, 1.82) is 0 Å². The minimum atomic E-state index is -0.691. The van der Waals surface area contributed by atoms with Crippen molar-refractivity contribution in [3.05, 3.63) is 0 Å². The highest BCUT2D eigenvalue weighted by Crippen LogP contribution is 2.28. The van der Waals surface area contributed by atoms with Crippen molar-refractivity contribution in [2.45, 2.75) is 39.7 Å². The lowest BCUT2D eigenvalue weighted by atomic mass is 9.91. The summed E-state index contributed by atoms with van der Waals surface area (Å²) in [6.45, 7) is 11.4. The van der Waals surface area contributed by atoms with E-state index >= 15 is 0 Å². The Labute approximate surface area is 121 Å². The van der Waals surface area contributed by atoms with E-state index in [1.54, 1.807) is 4.90 Å². The maximum Gasteiger partial charge on any atom is 0.257 e. The fourth-order valence-electron chi connectivity index (χ4n) is 2.50. The Kier molecular flexibility index (Phi) is 6.42. The van der Waals surface area contributed by atoms with Crippen LogP contribution in [0.25, 0.3) is 0 Å². The molecule has 1 aliphatic heterocycles. The lowest BCUT2D eigenvalue weighted by Gasteiger charge is -2.23. The first-order valence-electron chi connectivity index (χ1n) is 7.36. The second-order valence-corrected chi connectivity index (χ2v) is 5.75. The predicted molar refractivity (Wildman–Crippen MR) is 80.6 cm³/mol. The number of hydrogen-bond donors (Lipinski definition) is 2. The average Bonchev–Trinajstić information content (AvgIpc) is 2.55. The number of guanidine groups is 1. The maximum absolute atomic E-state index is 12.4. The van der Waals surface area contributed by atoms with Crippen molar-refractivity contribution in [2.24, 2.45) is 16.6 Å². The van der Waals surface area contributed by atoms with E-state index < -0.39 is 5.54 Å². The second-order valence-electron chi connectivity index (χ2n) is 5.75. The van der Waals surface area contributed by atoms with Gasteiger partial charge in [0.2, 0.25) is 0 Å². The van der Waals surface area contributed by atoms with Gasteiger partial charge in [0.15, 0.2) is 5.96 Å². The molecule has 1 heterocycles. The van der Waals surface area contributed by atoms with Gasteiger partial charge >= 0.3 is 0 Å². The van der Waals surface area contributed by atoms with Gasteiger partial charge in [0.1, 0.15) is 5.54 Å². The highest BCUT2D eigenvalue weighted by Gasteiger charge is 2.43. The number of ether oxygens (including phenoxy) is 1. The van der Waals surface area contributed by atoms with E-state index in [1.807, 2.05) is 13.8 Å². The van der Waals surface area contributed by atoms with Crippen molar-refractivity contribution in [1.82, 2.24) is 10.2 Å². The van der Waals surface area contributed by atoms with Crippen molar-refractivity contribution in [3.63, 3.8) is 0 Å². The number of hydrogen-bond acceptors (Lipinski definition) is 5. The van der Waals surface area contributed by atoms with Gasteiger partial charge in [0.05, 0.1) is 6.61 Å². The number of rotatable bonds is 9. The van der Waals surface area contributed by atoms with Crippen LogP contribution >= 0.6 is 0 Å². The van der Waals surface area contributed by atoms with Gasteiger partial charge in [-0.25, -0.2) is 4.99 Å². The molecule has 1 rings (SSSR count). The molecule has 0 spiro atoms. The minimum Gasteiger partial charge on any atom is -0.380 e. The average molecular weight is 284 g/mol. The Balaban J connectivity index is 2.41. The van der Waals surface area contributed by atoms with E-state index in [0.29, 0.717) is 31.6 Å². The van der Waals surface area contributed by atoms with E-state index in [1.165, 1.54) is 0 Å². The van der Waals surface area contributed by atoms with Crippen LogP contribution in [-0.2, 0) is 9.53 Å². The molecular weight excluding hydrogens is 256 g/mol. The minimum absolute atomic E-state index is 0.00954. The summed E-state index contributed by atoms with van der Waals surface area (Å²) in [5, 5.41) is 3.23. The lowest BCUT2D eigenvalue weighted by molar-refractivity contribution is -0.131. The summed E-state index contributed by atoms with van der Waals surface area (Å²) in [5.41, 5.74) is 5.19. The summed E-state index contributed by atoms with van der Waals surface area (Å²) in [4.78, 5) is 18.4. The van der Waals surface area contributed by atoms with Gasteiger partial charge < -0.3 is 15.8 Å². The topological polar surface area (TPSA) is 80.0 Å². The molecule has 1 unspecified atom stereocenters. The number of nitrogens with one attached hydrogen (secondary N) is 1. The summed E-state index contributed by atoms with van der Waals surface area (Å²) in [6, 6.07) is 0. The van der Waals surface area contributed by atoms with E-state index in [9.17, 15) is 4.79 Å². The van der Waals surface area contributed by atoms with Gasteiger partial charge in [0.25, 0.3) is 5.91 Å². The first-order valence-corrected chi connectivity index (χ1v) is 7.36. The molecule has 1 amide bonds. The predicted octanol–water partition coefficient (Wildman–Crippen LogP) is 0.574. The highest BCUT2D eigenvalue weighted by atomic mass is 16.5. The summed E-state index contributed by atoms with van der Waals surface area (Å²) in [7, 11) is 0. The van der Waals surface area contributed by atoms with Crippen LogP contribution in [0.1, 0.15) is 34.1 Å².